The highest BCUT2D eigenvalue weighted by molar-refractivity contribution is 7.92. The van der Waals surface area contributed by atoms with E-state index in [1.165, 1.54) is 12.1 Å². The van der Waals surface area contributed by atoms with Gasteiger partial charge in [0.25, 0.3) is 0 Å². The van der Waals surface area contributed by atoms with Gasteiger partial charge in [-0.05, 0) is 53.8 Å². The number of benzene rings is 2. The molecule has 35 heavy (non-hydrogen) atoms. The van der Waals surface area contributed by atoms with E-state index in [9.17, 15) is 17.6 Å². The Morgan fingerprint density at radius 2 is 1.83 bits per heavy atom. The predicted octanol–water partition coefficient (Wildman–Crippen LogP) is 2.95. The average Bonchev–Trinajstić information content (AvgIpc) is 2.81. The monoisotopic (exact) mass is 495 g/mol. The molecule has 0 saturated carbocycles. The van der Waals surface area contributed by atoms with Crippen LogP contribution in [0.1, 0.15) is 5.56 Å². The molecule has 1 fully saturated rings. The summed E-state index contributed by atoms with van der Waals surface area (Å²) < 4.78 is 39.4. The van der Waals surface area contributed by atoms with Gasteiger partial charge in [-0.15, -0.1) is 0 Å². The van der Waals surface area contributed by atoms with Crippen LogP contribution < -0.4 is 15.2 Å². The third kappa shape index (κ3) is 5.28. The Balaban J connectivity index is 1.28. The number of aromatic nitrogens is 2. The zero-order chi connectivity index (χ0) is 24.6. The lowest BCUT2D eigenvalue weighted by molar-refractivity contribution is 0.261. The summed E-state index contributed by atoms with van der Waals surface area (Å²) >= 11 is 0. The summed E-state index contributed by atoms with van der Waals surface area (Å²) in [7, 11) is -3.37. The molecule has 2 aromatic heterocycles. The summed E-state index contributed by atoms with van der Waals surface area (Å²) in [5.74, 6) is 0.463. The molecule has 0 radical (unpaired) electrons. The van der Waals surface area contributed by atoms with E-state index < -0.39 is 10.0 Å². The van der Waals surface area contributed by atoms with Crippen LogP contribution in [0.4, 0.5) is 15.9 Å². The van der Waals surface area contributed by atoms with Gasteiger partial charge in [-0.25, -0.2) is 17.8 Å². The first kappa shape index (κ1) is 23.3. The molecular weight excluding hydrogens is 469 g/mol. The Morgan fingerprint density at radius 3 is 2.60 bits per heavy atom. The molecule has 0 unspecified atom stereocenters. The molecule has 5 rings (SSSR count). The molecule has 4 aromatic rings. The lowest BCUT2D eigenvalue weighted by atomic mass is 10.1. The second kappa shape index (κ2) is 9.27. The third-order valence-electron chi connectivity index (χ3n) is 6.31. The molecule has 0 atom stereocenters. The standard InChI is InChI=1S/C25H26FN5O3S/c1-35(33,34)29-20-4-2-17-6-8-27-25(22(17)16-20)31-12-10-30(11-13-31)9-7-18-14-24(32)28-23-15-19(26)3-5-21(18)23/h2-6,8,14-16,29H,7,9-13H2,1H3,(H,28,32). The molecule has 1 aliphatic heterocycles. The summed E-state index contributed by atoms with van der Waals surface area (Å²) in [6.07, 6.45) is 3.60. The molecule has 1 aliphatic rings. The zero-order valence-electron chi connectivity index (χ0n) is 19.3. The molecule has 182 valence electrons. The summed E-state index contributed by atoms with van der Waals surface area (Å²) in [6.45, 7) is 3.99. The minimum Gasteiger partial charge on any atom is -0.354 e. The quantitative estimate of drug-likeness (QED) is 0.427. The maximum absolute atomic E-state index is 13.6. The number of fused-ring (bicyclic) bond motifs is 2. The van der Waals surface area contributed by atoms with Gasteiger partial charge in [-0.2, -0.15) is 0 Å². The van der Waals surface area contributed by atoms with Crippen LogP contribution >= 0.6 is 0 Å². The van der Waals surface area contributed by atoms with Gasteiger partial charge < -0.3 is 9.88 Å². The first-order valence-corrected chi connectivity index (χ1v) is 13.3. The van der Waals surface area contributed by atoms with Crippen molar-refractivity contribution in [1.29, 1.82) is 0 Å². The molecule has 8 nitrogen and oxygen atoms in total. The van der Waals surface area contributed by atoms with E-state index in [0.29, 0.717) is 17.6 Å². The Hall–Kier alpha value is -3.50. The summed E-state index contributed by atoms with van der Waals surface area (Å²) in [6, 6.07) is 13.5. The van der Waals surface area contributed by atoms with E-state index in [-0.39, 0.29) is 11.4 Å². The fraction of sp³-hybridized carbons (Fsp3) is 0.280. The first-order chi connectivity index (χ1) is 16.7. The van der Waals surface area contributed by atoms with Gasteiger partial charge in [0.15, 0.2) is 0 Å². The predicted molar refractivity (Wildman–Crippen MR) is 137 cm³/mol. The van der Waals surface area contributed by atoms with E-state index in [4.69, 9.17) is 0 Å². The number of sulfonamides is 1. The number of anilines is 2. The molecule has 2 aromatic carbocycles. The van der Waals surface area contributed by atoms with Crippen LogP contribution in [0.5, 0.6) is 0 Å². The van der Waals surface area contributed by atoms with Crippen LogP contribution in [0, 0.1) is 5.82 Å². The van der Waals surface area contributed by atoms with Gasteiger partial charge >= 0.3 is 0 Å². The Morgan fingerprint density at radius 1 is 1.03 bits per heavy atom. The maximum Gasteiger partial charge on any atom is 0.248 e. The van der Waals surface area contributed by atoms with Crippen molar-refractivity contribution in [2.24, 2.45) is 0 Å². The highest BCUT2D eigenvalue weighted by Crippen LogP contribution is 2.28. The van der Waals surface area contributed by atoms with E-state index in [2.05, 4.69) is 24.5 Å². The number of nitrogens with one attached hydrogen (secondary N) is 2. The Labute approximate surface area is 202 Å². The number of H-pyrrole nitrogens is 1. The van der Waals surface area contributed by atoms with E-state index in [1.54, 1.807) is 24.4 Å². The van der Waals surface area contributed by atoms with Crippen molar-refractivity contribution in [3.8, 4) is 0 Å². The highest BCUT2D eigenvalue weighted by atomic mass is 32.2. The maximum atomic E-state index is 13.6. The number of hydrogen-bond acceptors (Lipinski definition) is 6. The number of nitrogens with zero attached hydrogens (tertiary/aromatic N) is 3. The molecule has 0 amide bonds. The summed E-state index contributed by atoms with van der Waals surface area (Å²) in [5.41, 5.74) is 1.71. The highest BCUT2D eigenvalue weighted by Gasteiger charge is 2.20. The van der Waals surface area contributed by atoms with Gasteiger partial charge in [-0.3, -0.25) is 14.4 Å². The van der Waals surface area contributed by atoms with Crippen molar-refractivity contribution in [2.45, 2.75) is 6.42 Å². The zero-order valence-corrected chi connectivity index (χ0v) is 20.1. The molecule has 0 spiro atoms. The number of hydrogen-bond donors (Lipinski definition) is 2. The molecular formula is C25H26FN5O3S. The van der Waals surface area contributed by atoms with Gasteiger partial charge in [0.1, 0.15) is 11.6 Å². The number of rotatable bonds is 6. The fourth-order valence-electron chi connectivity index (χ4n) is 4.66. The van der Waals surface area contributed by atoms with Crippen molar-refractivity contribution in [3.63, 3.8) is 0 Å². The number of aromatic amines is 1. The normalized spacial score (nSPS) is 15.1. The molecule has 2 N–H and O–H groups in total. The van der Waals surface area contributed by atoms with Crippen molar-refractivity contribution in [1.82, 2.24) is 14.9 Å². The van der Waals surface area contributed by atoms with Gasteiger partial charge in [0, 0.05) is 61.4 Å². The van der Waals surface area contributed by atoms with Crippen LogP contribution in [-0.2, 0) is 16.4 Å². The molecule has 3 heterocycles. The topological polar surface area (TPSA) is 98.4 Å². The van der Waals surface area contributed by atoms with Crippen molar-refractivity contribution < 1.29 is 12.8 Å². The summed E-state index contributed by atoms with van der Waals surface area (Å²) in [4.78, 5) is 23.9. The second-order valence-corrected chi connectivity index (χ2v) is 10.6. The van der Waals surface area contributed by atoms with Crippen molar-refractivity contribution in [3.05, 3.63) is 76.5 Å². The average molecular weight is 496 g/mol. The van der Waals surface area contributed by atoms with Gasteiger partial charge in [-0.1, -0.05) is 6.07 Å². The smallest absolute Gasteiger partial charge is 0.248 e. The fourth-order valence-corrected chi connectivity index (χ4v) is 5.21. The molecule has 10 heteroatoms. The SMILES string of the molecule is CS(=O)(=O)Nc1ccc2ccnc(N3CCN(CCc4cc(=O)[nH]c5cc(F)ccc45)CC3)c2c1. The van der Waals surface area contributed by atoms with Crippen LogP contribution in [0.25, 0.3) is 21.7 Å². The minimum absolute atomic E-state index is 0.227. The van der Waals surface area contributed by atoms with Crippen molar-refractivity contribution >= 4 is 43.2 Å². The van der Waals surface area contributed by atoms with Gasteiger partial charge in [0.2, 0.25) is 15.6 Å². The van der Waals surface area contributed by atoms with Crippen LogP contribution in [-0.4, -0.2) is 62.3 Å². The number of halogens is 1. The number of pyridine rings is 2. The molecule has 0 bridgehead atoms. The lowest BCUT2D eigenvalue weighted by Gasteiger charge is -2.36. The molecule has 0 aliphatic carbocycles. The molecule has 1 saturated heterocycles. The lowest BCUT2D eigenvalue weighted by Crippen LogP contribution is -2.47. The Bertz CT molecular complexity index is 1560. The second-order valence-electron chi connectivity index (χ2n) is 8.87. The van der Waals surface area contributed by atoms with Crippen molar-refractivity contribution in [2.75, 3.05) is 48.6 Å². The largest absolute Gasteiger partial charge is 0.354 e. The third-order valence-corrected chi connectivity index (χ3v) is 6.91. The number of piperazine rings is 1. The van der Waals surface area contributed by atoms with E-state index in [0.717, 1.165) is 66.5 Å². The van der Waals surface area contributed by atoms with Gasteiger partial charge in [0.05, 0.1) is 11.8 Å². The first-order valence-electron chi connectivity index (χ1n) is 11.4. The minimum atomic E-state index is -3.37. The summed E-state index contributed by atoms with van der Waals surface area (Å²) in [5, 5.41) is 2.76. The van der Waals surface area contributed by atoms with E-state index in [1.807, 2.05) is 18.2 Å². The van der Waals surface area contributed by atoms with E-state index >= 15 is 0 Å². The van der Waals surface area contributed by atoms with Crippen LogP contribution in [0.3, 0.4) is 0 Å². The van der Waals surface area contributed by atoms with Crippen LogP contribution in [0.15, 0.2) is 59.5 Å². The van der Waals surface area contributed by atoms with Crippen LogP contribution in [0.2, 0.25) is 0 Å². The Kier molecular flexibility index (Phi) is 6.16.